The average molecular weight is 714 g/mol. The van der Waals surface area contributed by atoms with Crippen LogP contribution in [0.4, 0.5) is 0 Å². The molecular weight excluding hydrogens is 667 g/mol. The van der Waals surface area contributed by atoms with E-state index < -0.39 is 0 Å². The van der Waals surface area contributed by atoms with Gasteiger partial charge in [-0.1, -0.05) is 5.16 Å². The summed E-state index contributed by atoms with van der Waals surface area (Å²) in [5, 5.41) is 30.1. The largest absolute Gasteiger partial charge is 0.449 e. The normalized spacial score (nSPS) is 9.43. The van der Waals surface area contributed by atoms with Crippen LogP contribution in [-0.2, 0) is 0 Å². The van der Waals surface area contributed by atoms with E-state index in [1.807, 2.05) is 75.4 Å². The quantitative estimate of drug-likeness (QED) is 0.162. The maximum absolute atomic E-state index is 4.86. The molecule has 0 saturated carbocycles. The molecule has 0 saturated heterocycles. The number of hydrogen-bond donors (Lipinski definition) is 2. The highest BCUT2D eigenvalue weighted by molar-refractivity contribution is 7.11. The van der Waals surface area contributed by atoms with Gasteiger partial charge in [-0.05, 0) is 69.2 Å². The van der Waals surface area contributed by atoms with Gasteiger partial charge >= 0.3 is 0 Å². The summed E-state index contributed by atoms with van der Waals surface area (Å²) in [4.78, 5) is 22.8. The molecule has 49 heavy (non-hydrogen) atoms. The third kappa shape index (κ3) is 21.5. The molecule has 0 fully saturated rings. The third-order valence-corrected chi connectivity index (χ3v) is 6.54. The van der Waals surface area contributed by atoms with Gasteiger partial charge in [0.2, 0.25) is 17.7 Å². The first kappa shape index (κ1) is 42.1. The van der Waals surface area contributed by atoms with Crippen molar-refractivity contribution < 1.29 is 13.4 Å². The van der Waals surface area contributed by atoms with Crippen LogP contribution >= 0.6 is 22.7 Å². The van der Waals surface area contributed by atoms with Crippen molar-refractivity contribution in [1.29, 1.82) is 0 Å². The summed E-state index contributed by atoms with van der Waals surface area (Å²) in [5.74, 6) is 5.95. The van der Waals surface area contributed by atoms with Crippen molar-refractivity contribution in [3.05, 3.63) is 96.8 Å². The van der Waals surface area contributed by atoms with Crippen LogP contribution < -0.4 is 0 Å². The predicted octanol–water partition coefficient (Wildman–Crippen LogP) is 7.03. The van der Waals surface area contributed by atoms with E-state index in [1.165, 1.54) is 0 Å². The number of rotatable bonds is 0. The van der Waals surface area contributed by atoms with Gasteiger partial charge < -0.3 is 18.3 Å². The van der Waals surface area contributed by atoms with E-state index in [1.54, 1.807) is 56.6 Å². The van der Waals surface area contributed by atoms with Crippen molar-refractivity contribution in [3.8, 4) is 0 Å². The van der Waals surface area contributed by atoms with Crippen LogP contribution in [-0.4, -0.2) is 65.7 Å². The van der Waals surface area contributed by atoms with E-state index in [-0.39, 0.29) is 0 Å². The molecule has 2 N–H and O–H groups in total. The highest BCUT2D eigenvalue weighted by atomic mass is 32.1. The Morgan fingerprint density at radius 1 is 0.592 bits per heavy atom. The number of aromatic amines is 2. The number of thiazole rings is 1. The zero-order valence-corrected chi connectivity index (χ0v) is 32.3. The summed E-state index contributed by atoms with van der Waals surface area (Å²) in [5.41, 5.74) is 3.19. The molecule has 0 aliphatic carbocycles. The minimum Gasteiger partial charge on any atom is -0.449 e. The zero-order valence-electron chi connectivity index (χ0n) is 30.7. The average Bonchev–Trinajstić information content (AvgIpc) is 3.90. The zero-order chi connectivity index (χ0) is 36.9. The van der Waals surface area contributed by atoms with Crippen molar-refractivity contribution in [1.82, 2.24) is 65.7 Å². The Bertz CT molecular complexity index is 1370. The van der Waals surface area contributed by atoms with Gasteiger partial charge in [-0.2, -0.15) is 10.1 Å². The highest BCUT2D eigenvalue weighted by Crippen LogP contribution is 2.05. The Morgan fingerprint density at radius 2 is 1.22 bits per heavy atom. The summed E-state index contributed by atoms with van der Waals surface area (Å²) in [6, 6.07) is 0. The molecule has 0 aromatic carbocycles. The standard InChI is InChI=1S/C5H8N2.C5H7NO.C5H7NS.C4H7N3.2C4H6N2O.C4H6N2S/c1-4-3-6-5(2)7-4;2*1-4-3-7-5(2)6-4;1-3-5-4(2)7-6-3;1-3-5-6-4(2)7-3;1-3-5-4(2)7-6-3;1-3-5-6-4(2)7-3/h3H,1-2H3,(H,6,7);2*3H,1-2H3;1-2H3,(H,5,6,7);3*1-2H3. The van der Waals surface area contributed by atoms with Gasteiger partial charge in [-0.3, -0.25) is 5.10 Å². The number of H-pyrrole nitrogens is 2. The first-order valence-electron chi connectivity index (χ1n) is 14.9. The summed E-state index contributed by atoms with van der Waals surface area (Å²) >= 11 is 3.31. The lowest BCUT2D eigenvalue weighted by Gasteiger charge is -1.74. The van der Waals surface area contributed by atoms with Gasteiger partial charge in [0.15, 0.2) is 11.7 Å². The van der Waals surface area contributed by atoms with E-state index >= 15 is 0 Å². The smallest absolute Gasteiger partial charge is 0.223 e. The molecule has 0 spiro atoms. The summed E-state index contributed by atoms with van der Waals surface area (Å²) in [6.45, 7) is 26.4. The van der Waals surface area contributed by atoms with Crippen LogP contribution in [0, 0.1) is 96.9 Å². The van der Waals surface area contributed by atoms with E-state index in [9.17, 15) is 0 Å². The second-order valence-electron chi connectivity index (χ2n) is 10.2. The molecule has 7 aromatic rings. The first-order chi connectivity index (χ1) is 23.0. The molecule has 0 atom stereocenters. The Kier molecular flexibility index (Phi) is 19.4. The molecule has 0 aliphatic heterocycles. The number of aryl methyl sites for hydroxylation is 14. The van der Waals surface area contributed by atoms with Crippen molar-refractivity contribution in [3.63, 3.8) is 0 Å². The maximum atomic E-state index is 4.86. The van der Waals surface area contributed by atoms with Gasteiger partial charge in [0.1, 0.15) is 33.8 Å². The monoisotopic (exact) mass is 713 g/mol. The molecule has 0 bridgehead atoms. The molecule has 0 aliphatic rings. The number of nitrogens with one attached hydrogen (secondary N) is 2. The number of nitrogens with zero attached hydrogens (tertiary/aromatic N) is 11. The third-order valence-electron chi connectivity index (χ3n) is 4.89. The fraction of sp³-hybridized carbons (Fsp3) is 0.452. The fourth-order valence-corrected chi connectivity index (χ4v) is 4.31. The Morgan fingerprint density at radius 3 is 1.37 bits per heavy atom. The summed E-state index contributed by atoms with van der Waals surface area (Å²) < 4.78 is 14.3. The minimum atomic E-state index is 0.623. The Balaban J connectivity index is 0.000000286. The molecule has 0 amide bonds. The lowest BCUT2D eigenvalue weighted by Crippen LogP contribution is -1.70. The van der Waals surface area contributed by atoms with Crippen molar-refractivity contribution >= 4 is 22.7 Å². The van der Waals surface area contributed by atoms with E-state index in [0.717, 1.165) is 55.5 Å². The molecule has 0 radical (unpaired) electrons. The lowest BCUT2D eigenvalue weighted by molar-refractivity contribution is 0.389. The van der Waals surface area contributed by atoms with Gasteiger partial charge in [0, 0.05) is 50.7 Å². The highest BCUT2D eigenvalue weighted by Gasteiger charge is 1.92. The second kappa shape index (κ2) is 22.6. The Hall–Kier alpha value is -4.97. The molecule has 266 valence electrons. The van der Waals surface area contributed by atoms with Gasteiger partial charge in [-0.15, -0.1) is 43.1 Å². The molecular formula is C31H47N13O3S2. The topological polar surface area (TPSA) is 213 Å². The van der Waals surface area contributed by atoms with Gasteiger partial charge in [0.25, 0.3) is 0 Å². The summed E-state index contributed by atoms with van der Waals surface area (Å²) in [7, 11) is 0. The summed E-state index contributed by atoms with van der Waals surface area (Å²) in [6.07, 6.45) is 3.45. The van der Waals surface area contributed by atoms with Crippen LogP contribution in [0.5, 0.6) is 0 Å². The first-order valence-corrected chi connectivity index (χ1v) is 16.6. The maximum Gasteiger partial charge on any atom is 0.223 e. The van der Waals surface area contributed by atoms with Crippen molar-refractivity contribution in [2.75, 3.05) is 0 Å². The van der Waals surface area contributed by atoms with E-state index in [4.69, 9.17) is 8.83 Å². The molecule has 7 heterocycles. The van der Waals surface area contributed by atoms with Crippen LogP contribution in [0.2, 0.25) is 0 Å². The van der Waals surface area contributed by atoms with Crippen LogP contribution in [0.25, 0.3) is 0 Å². The van der Waals surface area contributed by atoms with Gasteiger partial charge in [-0.25, -0.2) is 19.9 Å². The Labute approximate surface area is 294 Å². The number of hydrogen-bond acceptors (Lipinski definition) is 16. The van der Waals surface area contributed by atoms with Crippen molar-refractivity contribution in [2.24, 2.45) is 0 Å². The molecule has 0 unspecified atom stereocenters. The molecule has 7 aromatic heterocycles. The second-order valence-corrected chi connectivity index (χ2v) is 12.6. The number of aromatic nitrogens is 13. The fourth-order valence-electron chi connectivity index (χ4n) is 3.13. The lowest BCUT2D eigenvalue weighted by atomic mass is 10.6. The molecule has 16 nitrogen and oxygen atoms in total. The van der Waals surface area contributed by atoms with E-state index in [2.05, 4.69) is 75.6 Å². The van der Waals surface area contributed by atoms with E-state index in [0.29, 0.717) is 23.5 Å². The SMILES string of the molecule is Cc1cnc(C)[nH]1.Cc1coc(C)n1.Cc1csc(C)n1.Cc1n[nH]c(C)n1.Cc1nnc(C)o1.Cc1nnc(C)s1.Cc1noc(C)n1. The van der Waals surface area contributed by atoms with Gasteiger partial charge in [0.05, 0.1) is 10.7 Å². The predicted molar refractivity (Wildman–Crippen MR) is 188 cm³/mol. The minimum absolute atomic E-state index is 0.623. The molecule has 7 rings (SSSR count). The number of oxazole rings is 1. The number of imidazole rings is 1. The van der Waals surface area contributed by atoms with Crippen LogP contribution in [0.15, 0.2) is 31.2 Å². The molecule has 18 heteroatoms. The van der Waals surface area contributed by atoms with Crippen molar-refractivity contribution in [2.45, 2.75) is 96.9 Å². The van der Waals surface area contributed by atoms with Crippen LogP contribution in [0.1, 0.15) is 79.0 Å². The van der Waals surface area contributed by atoms with Crippen LogP contribution in [0.3, 0.4) is 0 Å².